The van der Waals surface area contributed by atoms with Gasteiger partial charge in [0, 0.05) is 38.4 Å². The van der Waals surface area contributed by atoms with Crippen molar-refractivity contribution in [2.45, 2.75) is 18.6 Å². The van der Waals surface area contributed by atoms with E-state index in [0.29, 0.717) is 5.69 Å². The maximum atomic E-state index is 12.7. The molecule has 0 aliphatic carbocycles. The van der Waals surface area contributed by atoms with E-state index in [4.69, 9.17) is 4.74 Å². The van der Waals surface area contributed by atoms with Crippen LogP contribution in [0.25, 0.3) is 5.69 Å². The van der Waals surface area contributed by atoms with Crippen molar-refractivity contribution in [3.8, 4) is 5.69 Å². The highest BCUT2D eigenvalue weighted by molar-refractivity contribution is 5.95. The zero-order valence-electron chi connectivity index (χ0n) is 13.8. The van der Waals surface area contributed by atoms with E-state index in [2.05, 4.69) is 5.10 Å². The van der Waals surface area contributed by atoms with Crippen LogP contribution < -0.4 is 0 Å². The number of methoxy groups -OCH3 is 1. The second kappa shape index (κ2) is 6.92. The van der Waals surface area contributed by atoms with Crippen molar-refractivity contribution in [2.24, 2.45) is 0 Å². The Labute approximate surface area is 147 Å². The third kappa shape index (κ3) is 3.26. The minimum absolute atomic E-state index is 0.0551. The normalized spacial score (nSPS) is 19.5. The molecule has 2 atom stereocenters. The van der Waals surface area contributed by atoms with Gasteiger partial charge in [-0.25, -0.2) is 9.48 Å². The summed E-state index contributed by atoms with van der Waals surface area (Å²) >= 11 is 0. The van der Waals surface area contributed by atoms with E-state index in [1.807, 2.05) is 0 Å². The van der Waals surface area contributed by atoms with Gasteiger partial charge >= 0.3 is 5.97 Å². The predicted octanol–water partition coefficient (Wildman–Crippen LogP) is 1.09. The summed E-state index contributed by atoms with van der Waals surface area (Å²) in [6.07, 6.45) is 1.36. The minimum Gasteiger partial charge on any atom is -0.480 e. The quantitative estimate of drug-likeness (QED) is 0.624. The summed E-state index contributed by atoms with van der Waals surface area (Å²) in [4.78, 5) is 35.6. The Kier molecular flexibility index (Phi) is 4.67. The molecule has 0 spiro atoms. The number of aromatic nitrogens is 2. The Morgan fingerprint density at radius 2 is 2.15 bits per heavy atom. The monoisotopic (exact) mass is 360 g/mol. The number of nitrogens with zero attached hydrogens (tertiary/aromatic N) is 4. The lowest BCUT2D eigenvalue weighted by atomic mass is 10.2. The van der Waals surface area contributed by atoms with Crippen molar-refractivity contribution in [1.82, 2.24) is 14.7 Å². The second-order valence-corrected chi connectivity index (χ2v) is 5.83. The lowest BCUT2D eigenvalue weighted by Gasteiger charge is -2.19. The molecule has 2 aromatic rings. The molecule has 2 unspecified atom stereocenters. The number of aliphatic carboxylic acids is 1. The lowest BCUT2D eigenvalue weighted by Crippen LogP contribution is -2.40. The van der Waals surface area contributed by atoms with E-state index >= 15 is 0 Å². The van der Waals surface area contributed by atoms with Crippen LogP contribution in [-0.4, -0.2) is 62.4 Å². The van der Waals surface area contributed by atoms with Gasteiger partial charge in [-0.15, -0.1) is 0 Å². The zero-order chi connectivity index (χ0) is 18.8. The number of nitro groups is 1. The molecule has 3 rings (SSSR count). The van der Waals surface area contributed by atoms with E-state index in [1.54, 1.807) is 6.07 Å². The van der Waals surface area contributed by atoms with E-state index in [9.17, 15) is 24.8 Å². The Morgan fingerprint density at radius 3 is 2.81 bits per heavy atom. The molecule has 1 aliphatic rings. The molecule has 1 fully saturated rings. The summed E-state index contributed by atoms with van der Waals surface area (Å²) in [5.41, 5.74) is 0.378. The fourth-order valence-corrected chi connectivity index (χ4v) is 2.90. The molecule has 1 amide bonds. The first kappa shape index (κ1) is 17.5. The Balaban J connectivity index is 1.85. The Bertz CT molecular complexity index is 864. The zero-order valence-corrected chi connectivity index (χ0v) is 13.8. The molecule has 1 aromatic heterocycles. The number of carboxylic acids is 1. The van der Waals surface area contributed by atoms with Crippen LogP contribution in [0.15, 0.2) is 36.5 Å². The van der Waals surface area contributed by atoms with Crippen LogP contribution in [-0.2, 0) is 9.53 Å². The molecular weight excluding hydrogens is 344 g/mol. The van der Waals surface area contributed by atoms with Crippen molar-refractivity contribution < 1.29 is 24.4 Å². The number of ether oxygens (including phenoxy) is 1. The van der Waals surface area contributed by atoms with Crippen molar-refractivity contribution >= 4 is 17.6 Å². The second-order valence-electron chi connectivity index (χ2n) is 5.83. The maximum Gasteiger partial charge on any atom is 0.326 e. The molecule has 0 bridgehead atoms. The predicted molar refractivity (Wildman–Crippen MR) is 88.1 cm³/mol. The van der Waals surface area contributed by atoms with Crippen LogP contribution in [0.5, 0.6) is 0 Å². The van der Waals surface area contributed by atoms with Gasteiger partial charge in [-0.2, -0.15) is 5.10 Å². The molecule has 1 N–H and O–H groups in total. The van der Waals surface area contributed by atoms with Gasteiger partial charge in [0.05, 0.1) is 16.7 Å². The molecule has 0 radical (unpaired) electrons. The van der Waals surface area contributed by atoms with Crippen LogP contribution in [0.3, 0.4) is 0 Å². The van der Waals surface area contributed by atoms with Gasteiger partial charge in [0.2, 0.25) is 0 Å². The molecule has 10 nitrogen and oxygen atoms in total. The Hall–Kier alpha value is -3.27. The number of carboxylic acid groups (broad SMARTS) is 1. The number of hydrogen-bond acceptors (Lipinski definition) is 6. The SMILES string of the molecule is COC1CC(C(=O)O)N(C(=O)c2ccn(-c3cccc([N+](=O)[O-])c3)n2)C1. The highest BCUT2D eigenvalue weighted by Gasteiger charge is 2.40. The number of non-ortho nitro benzene ring substituents is 1. The van der Waals surface area contributed by atoms with Crippen molar-refractivity contribution in [1.29, 1.82) is 0 Å². The first-order valence-corrected chi connectivity index (χ1v) is 7.77. The average molecular weight is 360 g/mol. The first-order chi connectivity index (χ1) is 12.4. The van der Waals surface area contributed by atoms with Crippen LogP contribution in [0.2, 0.25) is 0 Å². The van der Waals surface area contributed by atoms with E-state index in [-0.39, 0.29) is 30.5 Å². The minimum atomic E-state index is -1.10. The van der Waals surface area contributed by atoms with E-state index < -0.39 is 22.8 Å². The number of carbonyl (C=O) groups is 2. The van der Waals surface area contributed by atoms with Gasteiger partial charge in [0.1, 0.15) is 6.04 Å². The number of benzene rings is 1. The van der Waals surface area contributed by atoms with Crippen molar-refractivity contribution in [3.05, 3.63) is 52.3 Å². The number of amides is 1. The fourth-order valence-electron chi connectivity index (χ4n) is 2.90. The van der Waals surface area contributed by atoms with Crippen LogP contribution >= 0.6 is 0 Å². The molecule has 26 heavy (non-hydrogen) atoms. The smallest absolute Gasteiger partial charge is 0.326 e. The third-order valence-corrected chi connectivity index (χ3v) is 4.26. The molecule has 1 aromatic carbocycles. The van der Waals surface area contributed by atoms with Crippen LogP contribution in [0.1, 0.15) is 16.9 Å². The number of likely N-dealkylation sites (tertiary alicyclic amines) is 1. The van der Waals surface area contributed by atoms with E-state index in [1.165, 1.54) is 47.2 Å². The first-order valence-electron chi connectivity index (χ1n) is 7.77. The largest absolute Gasteiger partial charge is 0.480 e. The van der Waals surface area contributed by atoms with Crippen LogP contribution in [0, 0.1) is 10.1 Å². The molecule has 0 saturated carbocycles. The highest BCUT2D eigenvalue weighted by atomic mass is 16.6. The van der Waals surface area contributed by atoms with Gasteiger partial charge in [-0.1, -0.05) is 6.07 Å². The topological polar surface area (TPSA) is 128 Å². The summed E-state index contributed by atoms with van der Waals surface area (Å²) in [7, 11) is 1.47. The molecule has 136 valence electrons. The van der Waals surface area contributed by atoms with Crippen molar-refractivity contribution in [3.63, 3.8) is 0 Å². The Morgan fingerprint density at radius 1 is 1.38 bits per heavy atom. The number of carbonyl (C=O) groups excluding carboxylic acids is 1. The van der Waals surface area contributed by atoms with Gasteiger partial charge in [-0.3, -0.25) is 14.9 Å². The van der Waals surface area contributed by atoms with Gasteiger partial charge in [0.15, 0.2) is 5.69 Å². The standard InChI is InChI=1S/C16H16N4O6/c1-26-12-8-14(16(22)23)18(9-12)15(21)13-5-6-19(17-13)10-3-2-4-11(7-10)20(24)25/h2-7,12,14H,8-9H2,1H3,(H,22,23). The summed E-state index contributed by atoms with van der Waals surface area (Å²) in [5, 5.41) is 24.3. The van der Waals surface area contributed by atoms with Gasteiger partial charge < -0.3 is 14.7 Å². The number of rotatable bonds is 5. The van der Waals surface area contributed by atoms with Crippen LogP contribution in [0.4, 0.5) is 5.69 Å². The average Bonchev–Trinajstić information content (AvgIpc) is 3.28. The lowest BCUT2D eigenvalue weighted by molar-refractivity contribution is -0.384. The maximum absolute atomic E-state index is 12.7. The number of hydrogen-bond donors (Lipinski definition) is 1. The summed E-state index contributed by atoms with van der Waals surface area (Å²) < 4.78 is 6.50. The molecular formula is C16H16N4O6. The van der Waals surface area contributed by atoms with Gasteiger partial charge in [0.25, 0.3) is 11.6 Å². The molecule has 1 saturated heterocycles. The van der Waals surface area contributed by atoms with E-state index in [0.717, 1.165) is 0 Å². The third-order valence-electron chi connectivity index (χ3n) is 4.26. The molecule has 2 heterocycles. The number of nitro benzene ring substituents is 1. The van der Waals surface area contributed by atoms with Gasteiger partial charge in [-0.05, 0) is 12.1 Å². The fraction of sp³-hybridized carbons (Fsp3) is 0.312. The highest BCUT2D eigenvalue weighted by Crippen LogP contribution is 2.23. The summed E-state index contributed by atoms with van der Waals surface area (Å²) in [6, 6.07) is 6.28. The molecule has 10 heteroatoms. The molecule has 1 aliphatic heterocycles. The summed E-state index contributed by atoms with van der Waals surface area (Å²) in [5.74, 6) is -1.63. The van der Waals surface area contributed by atoms with Crippen molar-refractivity contribution in [2.75, 3.05) is 13.7 Å². The summed E-state index contributed by atoms with van der Waals surface area (Å²) in [6.45, 7) is 0.163.